The van der Waals surface area contributed by atoms with Gasteiger partial charge >= 0.3 is 0 Å². The smallest absolute Gasteiger partial charge is 0.237 e. The molecule has 0 spiro atoms. The largest absolute Gasteiger partial charge is 0.394 e. The molecule has 0 radical (unpaired) electrons. The van der Waals surface area contributed by atoms with E-state index in [1.165, 1.54) is 0 Å². The van der Waals surface area contributed by atoms with E-state index < -0.39 is 6.04 Å². The molecule has 0 unspecified atom stereocenters. The molecule has 0 saturated heterocycles. The highest BCUT2D eigenvalue weighted by atomic mass is 16.3. The Morgan fingerprint density at radius 3 is 2.38 bits per heavy atom. The first-order valence-corrected chi connectivity index (χ1v) is 4.69. The highest BCUT2D eigenvalue weighted by molar-refractivity contribution is 5.81. The van der Waals surface area contributed by atoms with Gasteiger partial charge in [-0.15, -0.1) is 0 Å². The third kappa shape index (κ3) is 4.24. The van der Waals surface area contributed by atoms with Gasteiger partial charge in [0.15, 0.2) is 0 Å². The average Bonchev–Trinajstić information content (AvgIpc) is 2.12. The summed E-state index contributed by atoms with van der Waals surface area (Å²) in [6.07, 6.45) is 0.715. The molecular weight excluding hydrogens is 168 g/mol. The first-order chi connectivity index (χ1) is 6.02. The lowest BCUT2D eigenvalue weighted by Gasteiger charge is -2.19. The van der Waals surface area contributed by atoms with Crippen molar-refractivity contribution in [2.45, 2.75) is 39.3 Å². The second-order valence-electron chi connectivity index (χ2n) is 3.57. The Hall–Kier alpha value is -0.610. The van der Waals surface area contributed by atoms with Gasteiger partial charge in [-0.25, -0.2) is 0 Å². The fourth-order valence-electron chi connectivity index (χ4n) is 0.877. The third-order valence-electron chi connectivity index (χ3n) is 2.08. The van der Waals surface area contributed by atoms with Gasteiger partial charge < -0.3 is 16.2 Å². The zero-order valence-corrected chi connectivity index (χ0v) is 8.58. The van der Waals surface area contributed by atoms with E-state index in [2.05, 4.69) is 5.32 Å². The van der Waals surface area contributed by atoms with Gasteiger partial charge in [0.25, 0.3) is 0 Å². The molecule has 0 aliphatic heterocycles. The quantitative estimate of drug-likeness (QED) is 0.562. The summed E-state index contributed by atoms with van der Waals surface area (Å²) < 4.78 is 0. The summed E-state index contributed by atoms with van der Waals surface area (Å²) >= 11 is 0. The number of nitrogens with one attached hydrogen (secondary N) is 1. The minimum atomic E-state index is -0.486. The number of carbonyl (C=O) groups excluding carboxylic acids is 1. The van der Waals surface area contributed by atoms with E-state index in [1.54, 1.807) is 0 Å². The Morgan fingerprint density at radius 1 is 1.54 bits per heavy atom. The van der Waals surface area contributed by atoms with Crippen LogP contribution >= 0.6 is 0 Å². The topological polar surface area (TPSA) is 75.3 Å². The Morgan fingerprint density at radius 2 is 2.08 bits per heavy atom. The van der Waals surface area contributed by atoms with Gasteiger partial charge in [-0.3, -0.25) is 4.79 Å². The molecule has 4 heteroatoms. The van der Waals surface area contributed by atoms with Crippen LogP contribution in [0.4, 0.5) is 0 Å². The van der Waals surface area contributed by atoms with Crippen molar-refractivity contribution < 1.29 is 9.90 Å². The summed E-state index contributed by atoms with van der Waals surface area (Å²) in [4.78, 5) is 11.4. The predicted octanol–water partition coefficient (Wildman–Crippen LogP) is -0.143. The Labute approximate surface area is 79.5 Å². The van der Waals surface area contributed by atoms with Gasteiger partial charge in [0.05, 0.1) is 18.7 Å². The van der Waals surface area contributed by atoms with Crippen LogP contribution < -0.4 is 11.1 Å². The summed E-state index contributed by atoms with van der Waals surface area (Å²) in [5.41, 5.74) is 5.62. The molecule has 0 aliphatic rings. The molecule has 0 aliphatic carbocycles. The molecule has 0 aromatic rings. The maximum atomic E-state index is 11.4. The molecule has 0 bridgehead atoms. The molecule has 78 valence electrons. The number of carbonyl (C=O) groups is 1. The van der Waals surface area contributed by atoms with E-state index in [9.17, 15) is 4.79 Å². The number of aliphatic hydroxyl groups is 1. The van der Waals surface area contributed by atoms with Crippen molar-refractivity contribution in [2.24, 2.45) is 11.7 Å². The second-order valence-corrected chi connectivity index (χ2v) is 3.57. The number of aliphatic hydroxyl groups excluding tert-OH is 1. The van der Waals surface area contributed by atoms with Crippen LogP contribution in [0.3, 0.4) is 0 Å². The molecule has 0 aromatic heterocycles. The molecule has 13 heavy (non-hydrogen) atoms. The van der Waals surface area contributed by atoms with Crippen molar-refractivity contribution in [2.75, 3.05) is 6.61 Å². The monoisotopic (exact) mass is 188 g/mol. The van der Waals surface area contributed by atoms with Crippen LogP contribution in [0.25, 0.3) is 0 Å². The molecule has 4 nitrogen and oxygen atoms in total. The molecule has 0 saturated carbocycles. The van der Waals surface area contributed by atoms with Crippen LogP contribution in [0.1, 0.15) is 27.2 Å². The van der Waals surface area contributed by atoms with Crippen molar-refractivity contribution in [1.29, 1.82) is 0 Å². The Bertz CT molecular complexity index is 156. The van der Waals surface area contributed by atoms with Crippen LogP contribution in [-0.4, -0.2) is 29.7 Å². The molecule has 0 aromatic carbocycles. The lowest BCUT2D eigenvalue weighted by atomic mass is 10.0. The van der Waals surface area contributed by atoms with E-state index in [4.69, 9.17) is 10.8 Å². The standard InChI is InChI=1S/C9H20N2O2/c1-4-7(5-12)11-9(13)8(10)6(2)3/h6-8,12H,4-5,10H2,1-3H3,(H,11,13)/t7-,8+/m0/s1. The van der Waals surface area contributed by atoms with E-state index in [0.29, 0.717) is 6.42 Å². The lowest BCUT2D eigenvalue weighted by Crippen LogP contribution is -2.48. The van der Waals surface area contributed by atoms with Gasteiger partial charge in [0.2, 0.25) is 5.91 Å². The number of nitrogens with two attached hydrogens (primary N) is 1. The lowest BCUT2D eigenvalue weighted by molar-refractivity contribution is -0.124. The van der Waals surface area contributed by atoms with Gasteiger partial charge in [-0.05, 0) is 12.3 Å². The fraction of sp³-hybridized carbons (Fsp3) is 0.889. The zero-order valence-electron chi connectivity index (χ0n) is 8.58. The van der Waals surface area contributed by atoms with E-state index in [0.717, 1.165) is 0 Å². The SMILES string of the molecule is CC[C@@H](CO)NC(=O)[C@H](N)C(C)C. The zero-order chi connectivity index (χ0) is 10.4. The first kappa shape index (κ1) is 12.4. The molecular formula is C9H20N2O2. The van der Waals surface area contributed by atoms with Crippen molar-refractivity contribution in [1.82, 2.24) is 5.32 Å². The molecule has 0 heterocycles. The highest BCUT2D eigenvalue weighted by Crippen LogP contribution is 1.99. The fourth-order valence-corrected chi connectivity index (χ4v) is 0.877. The minimum Gasteiger partial charge on any atom is -0.394 e. The van der Waals surface area contributed by atoms with Crippen molar-refractivity contribution in [3.8, 4) is 0 Å². The van der Waals surface area contributed by atoms with Crippen LogP contribution in [0.15, 0.2) is 0 Å². The van der Waals surface area contributed by atoms with E-state index in [-0.39, 0.29) is 24.5 Å². The summed E-state index contributed by atoms with van der Waals surface area (Å²) in [5.74, 6) is -0.0629. The van der Waals surface area contributed by atoms with Gasteiger partial charge in [-0.2, -0.15) is 0 Å². The summed E-state index contributed by atoms with van der Waals surface area (Å²) in [5, 5.41) is 11.5. The molecule has 1 amide bonds. The Balaban J connectivity index is 3.98. The molecule has 4 N–H and O–H groups in total. The normalized spacial score (nSPS) is 15.5. The Kier molecular flexibility index (Phi) is 5.66. The minimum absolute atomic E-state index is 0.0347. The number of hydrogen-bond donors (Lipinski definition) is 3. The van der Waals surface area contributed by atoms with Gasteiger partial charge in [-0.1, -0.05) is 20.8 Å². The average molecular weight is 188 g/mol. The van der Waals surface area contributed by atoms with Crippen molar-refractivity contribution >= 4 is 5.91 Å². The van der Waals surface area contributed by atoms with Crippen molar-refractivity contribution in [3.63, 3.8) is 0 Å². The third-order valence-corrected chi connectivity index (χ3v) is 2.08. The van der Waals surface area contributed by atoms with Gasteiger partial charge in [0, 0.05) is 0 Å². The van der Waals surface area contributed by atoms with Gasteiger partial charge in [0.1, 0.15) is 0 Å². The summed E-state index contributed by atoms with van der Waals surface area (Å²) in [7, 11) is 0. The second kappa shape index (κ2) is 5.94. The van der Waals surface area contributed by atoms with Crippen molar-refractivity contribution in [3.05, 3.63) is 0 Å². The van der Waals surface area contributed by atoms with Crippen LogP contribution in [0.2, 0.25) is 0 Å². The van der Waals surface area contributed by atoms with E-state index >= 15 is 0 Å². The molecule has 0 fully saturated rings. The predicted molar refractivity (Wildman–Crippen MR) is 52.1 cm³/mol. The first-order valence-electron chi connectivity index (χ1n) is 4.69. The number of hydrogen-bond acceptors (Lipinski definition) is 3. The van der Waals surface area contributed by atoms with E-state index in [1.807, 2.05) is 20.8 Å². The highest BCUT2D eigenvalue weighted by Gasteiger charge is 2.19. The number of rotatable bonds is 5. The van der Waals surface area contributed by atoms with Crippen LogP contribution in [-0.2, 0) is 4.79 Å². The summed E-state index contributed by atoms with van der Waals surface area (Å²) in [6.45, 7) is 5.66. The van der Waals surface area contributed by atoms with Crippen LogP contribution in [0.5, 0.6) is 0 Å². The summed E-state index contributed by atoms with van der Waals surface area (Å²) in [6, 6.07) is -0.655. The number of amides is 1. The molecule has 0 rings (SSSR count). The maximum Gasteiger partial charge on any atom is 0.237 e. The van der Waals surface area contributed by atoms with Crippen LogP contribution in [0, 0.1) is 5.92 Å². The molecule has 2 atom stereocenters. The maximum absolute atomic E-state index is 11.4.